The second kappa shape index (κ2) is 3.44. The van der Waals surface area contributed by atoms with Gasteiger partial charge >= 0.3 is 6.18 Å². The molecule has 0 atom stereocenters. The van der Waals surface area contributed by atoms with Crippen LogP contribution in [-0.2, 0) is 0 Å². The molecule has 1 aromatic rings. The number of ketones is 1. The molecule has 0 aliphatic carbocycles. The van der Waals surface area contributed by atoms with Crippen LogP contribution in [0, 0.1) is 5.82 Å². The summed E-state index contributed by atoms with van der Waals surface area (Å²) in [5.74, 6) is -3.47. The van der Waals surface area contributed by atoms with E-state index in [9.17, 15) is 22.4 Å². The summed E-state index contributed by atoms with van der Waals surface area (Å²) in [5, 5.41) is 0. The lowest BCUT2D eigenvalue weighted by Gasteiger charge is -2.06. The van der Waals surface area contributed by atoms with Crippen molar-refractivity contribution in [2.24, 2.45) is 0 Å². The molecule has 0 aliphatic rings. The molecule has 0 fully saturated rings. The van der Waals surface area contributed by atoms with Crippen LogP contribution in [0.2, 0.25) is 0 Å². The maximum absolute atomic E-state index is 12.8. The van der Waals surface area contributed by atoms with Gasteiger partial charge in [0.15, 0.2) is 0 Å². The summed E-state index contributed by atoms with van der Waals surface area (Å²) in [6.45, 7) is 0. The Kier molecular flexibility index (Phi) is 2.64. The molecule has 1 aromatic carbocycles. The predicted octanol–water partition coefficient (Wildman–Crippen LogP) is 1.36. The number of benzene rings is 1. The van der Waals surface area contributed by atoms with Crippen LogP contribution >= 0.6 is 0 Å². The molecule has 1 nitrogen and oxygen atoms in total. The minimum Gasteiger partial charge on any atom is -0.284 e. The monoisotopic (exact) mass is 202 g/mol. The highest BCUT2D eigenvalue weighted by Gasteiger charge is 2.40. The quantitative estimate of drug-likeness (QED) is 0.381. The van der Waals surface area contributed by atoms with Gasteiger partial charge in [-0.2, -0.15) is 13.2 Å². The van der Waals surface area contributed by atoms with E-state index in [4.69, 9.17) is 7.85 Å². The predicted molar refractivity (Wildman–Crippen MR) is 42.2 cm³/mol. The highest BCUT2D eigenvalue weighted by molar-refractivity contribution is 6.32. The lowest BCUT2D eigenvalue weighted by Crippen LogP contribution is -2.25. The second-order valence-electron chi connectivity index (χ2n) is 2.57. The number of alkyl halides is 3. The Labute approximate surface area is 78.1 Å². The first kappa shape index (κ1) is 10.8. The van der Waals surface area contributed by atoms with E-state index in [-0.39, 0.29) is 5.46 Å². The third-order valence-electron chi connectivity index (χ3n) is 1.49. The molecule has 72 valence electrons. The van der Waals surface area contributed by atoms with Crippen LogP contribution in [0.5, 0.6) is 0 Å². The number of hydrogen-bond acceptors (Lipinski definition) is 1. The Bertz CT molecular complexity index is 372. The first-order valence-electron chi connectivity index (χ1n) is 3.49. The minimum atomic E-state index is -5.09. The number of rotatable bonds is 1. The zero-order chi connectivity index (χ0) is 10.9. The Hall–Kier alpha value is -1.33. The molecule has 6 heteroatoms. The average Bonchev–Trinajstić information content (AvgIpc) is 2.06. The summed E-state index contributed by atoms with van der Waals surface area (Å²) in [6.07, 6.45) is -5.09. The van der Waals surface area contributed by atoms with E-state index >= 15 is 0 Å². The van der Waals surface area contributed by atoms with Gasteiger partial charge in [-0.25, -0.2) is 4.39 Å². The van der Waals surface area contributed by atoms with E-state index in [1.54, 1.807) is 0 Å². The van der Waals surface area contributed by atoms with Crippen molar-refractivity contribution < 1.29 is 22.4 Å². The number of hydrogen-bond donors (Lipinski definition) is 0. The first-order chi connectivity index (χ1) is 6.32. The fraction of sp³-hybridized carbons (Fsp3) is 0.125. The molecule has 0 heterocycles. The van der Waals surface area contributed by atoms with Crippen molar-refractivity contribution in [3.8, 4) is 0 Å². The maximum atomic E-state index is 12.8. The molecule has 2 radical (unpaired) electrons. The van der Waals surface area contributed by atoms with Crippen LogP contribution in [0.15, 0.2) is 18.2 Å². The van der Waals surface area contributed by atoms with Gasteiger partial charge in [-0.3, -0.25) is 4.79 Å². The molecule has 0 spiro atoms. The second-order valence-corrected chi connectivity index (χ2v) is 2.57. The minimum absolute atomic E-state index is 0.0981. The third kappa shape index (κ3) is 2.13. The average molecular weight is 202 g/mol. The molecule has 0 bridgehead atoms. The van der Waals surface area contributed by atoms with Gasteiger partial charge in [0.05, 0.1) is 5.56 Å². The van der Waals surface area contributed by atoms with E-state index < -0.39 is 23.3 Å². The van der Waals surface area contributed by atoms with Gasteiger partial charge in [0.25, 0.3) is 5.78 Å². The van der Waals surface area contributed by atoms with Crippen LogP contribution in [0.25, 0.3) is 0 Å². The van der Waals surface area contributed by atoms with Crippen molar-refractivity contribution in [3.63, 3.8) is 0 Å². The van der Waals surface area contributed by atoms with Crippen LogP contribution in [0.4, 0.5) is 17.6 Å². The zero-order valence-corrected chi connectivity index (χ0v) is 6.73. The molecular formula is C8H3BF4O. The maximum Gasteiger partial charge on any atom is 0.454 e. The molecule has 0 amide bonds. The Morgan fingerprint density at radius 3 is 2.36 bits per heavy atom. The molecule has 0 saturated heterocycles. The van der Waals surface area contributed by atoms with Crippen LogP contribution in [-0.4, -0.2) is 19.8 Å². The van der Waals surface area contributed by atoms with E-state index in [1.807, 2.05) is 0 Å². The fourth-order valence-electron chi connectivity index (χ4n) is 0.870. The van der Waals surface area contributed by atoms with E-state index in [0.717, 1.165) is 6.07 Å². The van der Waals surface area contributed by atoms with E-state index in [0.29, 0.717) is 12.1 Å². The third-order valence-corrected chi connectivity index (χ3v) is 1.49. The largest absolute Gasteiger partial charge is 0.454 e. The number of carbonyl (C=O) groups excluding carboxylic acids is 1. The molecule has 0 aliphatic heterocycles. The Morgan fingerprint density at radius 1 is 1.29 bits per heavy atom. The molecule has 0 saturated carbocycles. The summed E-state index contributed by atoms with van der Waals surface area (Å²) in [4.78, 5) is 10.6. The Morgan fingerprint density at radius 2 is 1.86 bits per heavy atom. The zero-order valence-electron chi connectivity index (χ0n) is 6.73. The summed E-state index contributed by atoms with van der Waals surface area (Å²) < 4.78 is 48.4. The summed E-state index contributed by atoms with van der Waals surface area (Å²) in [6, 6.07) is 2.45. The van der Waals surface area contributed by atoms with Crippen molar-refractivity contribution >= 4 is 19.1 Å². The summed E-state index contributed by atoms with van der Waals surface area (Å²) in [7, 11) is 5.12. The van der Waals surface area contributed by atoms with Crippen molar-refractivity contribution in [2.75, 3.05) is 0 Å². The Balaban J connectivity index is 3.19. The van der Waals surface area contributed by atoms with Crippen molar-refractivity contribution in [1.82, 2.24) is 0 Å². The van der Waals surface area contributed by atoms with Crippen molar-refractivity contribution in [3.05, 3.63) is 29.6 Å². The molecule has 14 heavy (non-hydrogen) atoms. The fourth-order valence-corrected chi connectivity index (χ4v) is 0.870. The van der Waals surface area contributed by atoms with Gasteiger partial charge in [-0.1, -0.05) is 17.6 Å². The number of carbonyl (C=O) groups is 1. The van der Waals surface area contributed by atoms with Gasteiger partial charge in [-0.15, -0.1) is 0 Å². The van der Waals surface area contributed by atoms with Gasteiger partial charge in [-0.05, 0) is 6.07 Å². The summed E-state index contributed by atoms with van der Waals surface area (Å²) in [5.41, 5.74) is -1.16. The van der Waals surface area contributed by atoms with Gasteiger partial charge < -0.3 is 0 Å². The van der Waals surface area contributed by atoms with Crippen LogP contribution in [0.1, 0.15) is 10.4 Å². The SMILES string of the molecule is [B]c1ccc(F)c(C(=O)C(F)(F)F)c1. The standard InChI is InChI=1S/C8H3BF4O/c9-4-1-2-6(10)5(3-4)7(14)8(11,12)13/h1-3H. The summed E-state index contributed by atoms with van der Waals surface area (Å²) >= 11 is 0. The van der Waals surface area contributed by atoms with Gasteiger partial charge in [0.2, 0.25) is 0 Å². The van der Waals surface area contributed by atoms with Crippen LogP contribution in [0.3, 0.4) is 0 Å². The molecular weight excluding hydrogens is 199 g/mol. The smallest absolute Gasteiger partial charge is 0.284 e. The molecule has 0 aromatic heterocycles. The van der Waals surface area contributed by atoms with Crippen molar-refractivity contribution in [2.45, 2.75) is 6.18 Å². The number of Topliss-reactive ketones (excluding diaryl/α,β-unsaturated/α-hetero) is 1. The highest BCUT2D eigenvalue weighted by atomic mass is 19.4. The highest BCUT2D eigenvalue weighted by Crippen LogP contribution is 2.22. The molecule has 0 N–H and O–H groups in total. The van der Waals surface area contributed by atoms with Crippen molar-refractivity contribution in [1.29, 1.82) is 0 Å². The van der Waals surface area contributed by atoms with Gasteiger partial charge in [0, 0.05) is 0 Å². The lowest BCUT2D eigenvalue weighted by atomic mass is 9.93. The topological polar surface area (TPSA) is 17.1 Å². The van der Waals surface area contributed by atoms with E-state index in [1.165, 1.54) is 0 Å². The lowest BCUT2D eigenvalue weighted by molar-refractivity contribution is -0.0887. The van der Waals surface area contributed by atoms with Crippen LogP contribution < -0.4 is 5.46 Å². The van der Waals surface area contributed by atoms with Gasteiger partial charge in [0.1, 0.15) is 13.7 Å². The molecule has 1 rings (SSSR count). The van der Waals surface area contributed by atoms with E-state index in [2.05, 4.69) is 0 Å². The number of halogens is 4. The first-order valence-corrected chi connectivity index (χ1v) is 3.49. The molecule has 0 unspecified atom stereocenters. The normalized spacial score (nSPS) is 11.4.